The van der Waals surface area contributed by atoms with Crippen molar-refractivity contribution in [3.05, 3.63) is 65.5 Å². The number of amides is 1. The standard InChI is InChI=1S/C18H20N2OS2/c1-20(13-14-4-2-9-19-12-14)17(21)15-5-7-16(8-6-15)18-22-10-3-11-23-18/h2,4-9,12,18H,3,10-11,13H2,1H3. The minimum atomic E-state index is 0.0457. The van der Waals surface area contributed by atoms with E-state index in [1.807, 2.05) is 54.8 Å². The van der Waals surface area contributed by atoms with Crippen molar-refractivity contribution in [2.24, 2.45) is 0 Å². The lowest BCUT2D eigenvalue weighted by molar-refractivity contribution is 0.0785. The third kappa shape index (κ3) is 4.30. The van der Waals surface area contributed by atoms with Crippen LogP contribution in [-0.4, -0.2) is 34.3 Å². The second kappa shape index (κ2) is 7.88. The van der Waals surface area contributed by atoms with Gasteiger partial charge < -0.3 is 4.90 Å². The van der Waals surface area contributed by atoms with E-state index in [9.17, 15) is 4.79 Å². The van der Waals surface area contributed by atoms with Crippen molar-refractivity contribution in [1.29, 1.82) is 0 Å². The second-order valence-corrected chi connectivity index (χ2v) is 8.30. The molecule has 23 heavy (non-hydrogen) atoms. The Morgan fingerprint density at radius 1 is 1.22 bits per heavy atom. The molecular weight excluding hydrogens is 324 g/mol. The van der Waals surface area contributed by atoms with Gasteiger partial charge in [0.1, 0.15) is 0 Å². The van der Waals surface area contributed by atoms with Crippen LogP contribution in [0.5, 0.6) is 0 Å². The van der Waals surface area contributed by atoms with E-state index >= 15 is 0 Å². The summed E-state index contributed by atoms with van der Waals surface area (Å²) in [5, 5.41) is 0. The third-order valence-corrected chi connectivity index (χ3v) is 6.76. The van der Waals surface area contributed by atoms with Crippen molar-refractivity contribution in [2.75, 3.05) is 18.6 Å². The van der Waals surface area contributed by atoms with E-state index in [2.05, 4.69) is 17.1 Å². The number of hydrogen-bond acceptors (Lipinski definition) is 4. The van der Waals surface area contributed by atoms with Crippen molar-refractivity contribution in [3.63, 3.8) is 0 Å². The Morgan fingerprint density at radius 2 is 1.96 bits per heavy atom. The molecule has 5 heteroatoms. The highest BCUT2D eigenvalue weighted by Crippen LogP contribution is 2.43. The van der Waals surface area contributed by atoms with E-state index in [1.165, 1.54) is 23.5 Å². The summed E-state index contributed by atoms with van der Waals surface area (Å²) in [6.07, 6.45) is 4.83. The maximum Gasteiger partial charge on any atom is 0.253 e. The van der Waals surface area contributed by atoms with Crippen LogP contribution >= 0.6 is 23.5 Å². The molecular formula is C18H20N2OS2. The fourth-order valence-corrected chi connectivity index (χ4v) is 5.42. The topological polar surface area (TPSA) is 33.2 Å². The van der Waals surface area contributed by atoms with Gasteiger partial charge in [0.05, 0.1) is 4.58 Å². The lowest BCUT2D eigenvalue weighted by Gasteiger charge is -2.22. The van der Waals surface area contributed by atoms with Gasteiger partial charge in [0, 0.05) is 31.5 Å². The van der Waals surface area contributed by atoms with Crippen LogP contribution in [0.4, 0.5) is 0 Å². The first-order chi connectivity index (χ1) is 11.2. The van der Waals surface area contributed by atoms with Gasteiger partial charge >= 0.3 is 0 Å². The van der Waals surface area contributed by atoms with Crippen LogP contribution in [0.15, 0.2) is 48.8 Å². The Kier molecular flexibility index (Phi) is 5.62. The maximum absolute atomic E-state index is 12.5. The quantitative estimate of drug-likeness (QED) is 0.831. The van der Waals surface area contributed by atoms with E-state index in [4.69, 9.17) is 0 Å². The summed E-state index contributed by atoms with van der Waals surface area (Å²) in [4.78, 5) is 18.4. The SMILES string of the molecule is CN(Cc1cccnc1)C(=O)c1ccc(C2SCCCS2)cc1. The maximum atomic E-state index is 12.5. The fourth-order valence-electron chi connectivity index (χ4n) is 2.52. The van der Waals surface area contributed by atoms with E-state index < -0.39 is 0 Å². The van der Waals surface area contributed by atoms with Gasteiger partial charge in [-0.1, -0.05) is 18.2 Å². The number of carbonyl (C=O) groups is 1. The highest BCUT2D eigenvalue weighted by molar-refractivity contribution is 8.16. The summed E-state index contributed by atoms with van der Waals surface area (Å²) in [6, 6.07) is 12.0. The molecule has 0 unspecified atom stereocenters. The lowest BCUT2D eigenvalue weighted by Crippen LogP contribution is -2.26. The molecule has 1 aromatic carbocycles. The number of nitrogens with zero attached hydrogens (tertiary/aromatic N) is 2. The van der Waals surface area contributed by atoms with E-state index in [-0.39, 0.29) is 5.91 Å². The van der Waals surface area contributed by atoms with Gasteiger partial charge in [-0.05, 0) is 47.3 Å². The number of pyridine rings is 1. The molecule has 0 bridgehead atoms. The van der Waals surface area contributed by atoms with Gasteiger partial charge in [0.2, 0.25) is 0 Å². The van der Waals surface area contributed by atoms with E-state index in [0.717, 1.165) is 11.1 Å². The molecule has 3 rings (SSSR count). The zero-order valence-corrected chi connectivity index (χ0v) is 14.8. The van der Waals surface area contributed by atoms with Crippen molar-refractivity contribution in [3.8, 4) is 0 Å². The van der Waals surface area contributed by atoms with Crippen molar-refractivity contribution in [2.45, 2.75) is 17.5 Å². The number of aromatic nitrogens is 1. The average Bonchev–Trinajstić information content (AvgIpc) is 2.63. The molecule has 0 radical (unpaired) electrons. The molecule has 2 aromatic rings. The molecule has 1 aliphatic heterocycles. The summed E-state index contributed by atoms with van der Waals surface area (Å²) in [5.74, 6) is 2.50. The van der Waals surface area contributed by atoms with Crippen LogP contribution in [0.1, 0.15) is 32.5 Å². The Morgan fingerprint density at radius 3 is 2.61 bits per heavy atom. The molecule has 0 spiro atoms. The molecule has 2 heterocycles. The predicted octanol–water partition coefficient (Wildman–Crippen LogP) is 4.22. The lowest BCUT2D eigenvalue weighted by atomic mass is 10.1. The Labute approximate surface area is 145 Å². The molecule has 0 atom stereocenters. The molecule has 1 fully saturated rings. The van der Waals surface area contributed by atoms with Crippen molar-refractivity contribution in [1.82, 2.24) is 9.88 Å². The van der Waals surface area contributed by atoms with Gasteiger partial charge in [-0.25, -0.2) is 0 Å². The first-order valence-electron chi connectivity index (χ1n) is 7.71. The Bertz CT molecular complexity index is 640. The number of rotatable bonds is 4. The van der Waals surface area contributed by atoms with E-state index in [1.54, 1.807) is 17.3 Å². The summed E-state index contributed by atoms with van der Waals surface area (Å²) >= 11 is 4.00. The van der Waals surface area contributed by atoms with Gasteiger partial charge in [0.15, 0.2) is 0 Å². The van der Waals surface area contributed by atoms with Gasteiger partial charge in [-0.15, -0.1) is 23.5 Å². The monoisotopic (exact) mass is 344 g/mol. The first kappa shape index (κ1) is 16.4. The van der Waals surface area contributed by atoms with Gasteiger partial charge in [0.25, 0.3) is 5.91 Å². The van der Waals surface area contributed by atoms with Crippen LogP contribution in [0, 0.1) is 0 Å². The Hall–Kier alpha value is -1.46. The zero-order valence-electron chi connectivity index (χ0n) is 13.1. The molecule has 1 aliphatic rings. The largest absolute Gasteiger partial charge is 0.337 e. The van der Waals surface area contributed by atoms with Crippen LogP contribution in [-0.2, 0) is 6.54 Å². The average molecular weight is 345 g/mol. The minimum absolute atomic E-state index is 0.0457. The molecule has 1 aromatic heterocycles. The fraction of sp³-hybridized carbons (Fsp3) is 0.333. The summed E-state index contributed by atoms with van der Waals surface area (Å²) in [6.45, 7) is 0.572. The molecule has 0 aliphatic carbocycles. The van der Waals surface area contributed by atoms with Gasteiger partial charge in [-0.2, -0.15) is 0 Å². The molecule has 1 saturated heterocycles. The summed E-state index contributed by atoms with van der Waals surface area (Å²) in [7, 11) is 1.83. The van der Waals surface area contributed by atoms with Crippen molar-refractivity contribution >= 4 is 29.4 Å². The molecule has 1 amide bonds. The molecule has 120 valence electrons. The molecule has 3 nitrogen and oxygen atoms in total. The normalized spacial score (nSPS) is 15.3. The number of benzene rings is 1. The smallest absolute Gasteiger partial charge is 0.253 e. The summed E-state index contributed by atoms with van der Waals surface area (Å²) < 4.78 is 0.515. The first-order valence-corrected chi connectivity index (χ1v) is 9.81. The van der Waals surface area contributed by atoms with Gasteiger partial charge in [-0.3, -0.25) is 9.78 Å². The number of thioether (sulfide) groups is 2. The molecule has 0 N–H and O–H groups in total. The van der Waals surface area contributed by atoms with Crippen molar-refractivity contribution < 1.29 is 4.79 Å². The van der Waals surface area contributed by atoms with E-state index in [0.29, 0.717) is 11.1 Å². The van der Waals surface area contributed by atoms with Crippen LogP contribution in [0.25, 0.3) is 0 Å². The highest BCUT2D eigenvalue weighted by Gasteiger charge is 2.18. The van der Waals surface area contributed by atoms with Crippen LogP contribution in [0.3, 0.4) is 0 Å². The number of carbonyl (C=O) groups excluding carboxylic acids is 1. The number of hydrogen-bond donors (Lipinski definition) is 0. The molecule has 0 saturated carbocycles. The zero-order chi connectivity index (χ0) is 16.1. The predicted molar refractivity (Wildman–Crippen MR) is 98.8 cm³/mol. The van der Waals surface area contributed by atoms with Crippen LogP contribution in [0.2, 0.25) is 0 Å². The van der Waals surface area contributed by atoms with Crippen LogP contribution < -0.4 is 0 Å². The summed E-state index contributed by atoms with van der Waals surface area (Å²) in [5.41, 5.74) is 3.09. The Balaban J connectivity index is 1.65. The third-order valence-electron chi connectivity index (χ3n) is 3.75. The second-order valence-electron chi connectivity index (χ2n) is 5.57. The highest BCUT2D eigenvalue weighted by atomic mass is 32.2. The minimum Gasteiger partial charge on any atom is -0.337 e.